The molecule has 0 aliphatic carbocycles. The SMILES string of the molecule is COCC(C)(C)NS(=O)(=O)c1cn[nH]c1C. The number of nitrogens with zero attached hydrogens (tertiary/aromatic N) is 1. The van der Waals surface area contributed by atoms with Gasteiger partial charge < -0.3 is 4.74 Å². The molecular formula is C9H17N3O3S. The Morgan fingerprint density at radius 2 is 2.19 bits per heavy atom. The molecule has 0 aromatic carbocycles. The molecule has 0 saturated heterocycles. The summed E-state index contributed by atoms with van der Waals surface area (Å²) in [6.45, 7) is 5.46. The van der Waals surface area contributed by atoms with E-state index >= 15 is 0 Å². The number of aromatic amines is 1. The fourth-order valence-corrected chi connectivity index (χ4v) is 2.96. The summed E-state index contributed by atoms with van der Waals surface area (Å²) in [5.41, 5.74) is -0.141. The molecular weight excluding hydrogens is 230 g/mol. The number of nitrogens with one attached hydrogen (secondary N) is 2. The number of H-pyrrole nitrogens is 1. The molecule has 0 unspecified atom stereocenters. The van der Waals surface area contributed by atoms with E-state index in [1.54, 1.807) is 20.8 Å². The fourth-order valence-electron chi connectivity index (χ4n) is 1.42. The molecule has 6 nitrogen and oxygen atoms in total. The molecule has 1 aromatic heterocycles. The van der Waals surface area contributed by atoms with Gasteiger partial charge in [0.25, 0.3) is 0 Å². The largest absolute Gasteiger partial charge is 0.383 e. The van der Waals surface area contributed by atoms with Crippen LogP contribution in [0.3, 0.4) is 0 Å². The number of hydrogen-bond donors (Lipinski definition) is 2. The molecule has 0 aliphatic heterocycles. The van der Waals surface area contributed by atoms with Crippen LogP contribution in [0.25, 0.3) is 0 Å². The van der Waals surface area contributed by atoms with Gasteiger partial charge in [-0.05, 0) is 20.8 Å². The van der Waals surface area contributed by atoms with Gasteiger partial charge in [-0.25, -0.2) is 13.1 Å². The van der Waals surface area contributed by atoms with Crippen LogP contribution >= 0.6 is 0 Å². The van der Waals surface area contributed by atoms with E-state index in [4.69, 9.17) is 4.74 Å². The van der Waals surface area contributed by atoms with Crippen molar-refractivity contribution in [3.05, 3.63) is 11.9 Å². The summed E-state index contributed by atoms with van der Waals surface area (Å²) in [7, 11) is -2.02. The van der Waals surface area contributed by atoms with Crippen LogP contribution in [-0.2, 0) is 14.8 Å². The zero-order valence-corrected chi connectivity index (χ0v) is 10.7. The topological polar surface area (TPSA) is 84.1 Å². The van der Waals surface area contributed by atoms with Gasteiger partial charge >= 0.3 is 0 Å². The number of hydrogen-bond acceptors (Lipinski definition) is 4. The van der Waals surface area contributed by atoms with Crippen LogP contribution in [0, 0.1) is 6.92 Å². The predicted molar refractivity (Wildman–Crippen MR) is 59.6 cm³/mol. The van der Waals surface area contributed by atoms with Gasteiger partial charge in [0.05, 0.1) is 24.0 Å². The first kappa shape index (κ1) is 13.1. The van der Waals surface area contributed by atoms with Gasteiger partial charge in [-0.2, -0.15) is 5.10 Å². The van der Waals surface area contributed by atoms with Crippen molar-refractivity contribution in [2.45, 2.75) is 31.2 Å². The Labute approximate surface area is 95.4 Å². The number of rotatable bonds is 5. The van der Waals surface area contributed by atoms with E-state index in [1.807, 2.05) is 0 Å². The zero-order valence-electron chi connectivity index (χ0n) is 9.86. The van der Waals surface area contributed by atoms with Crippen molar-refractivity contribution in [1.82, 2.24) is 14.9 Å². The summed E-state index contributed by atoms with van der Waals surface area (Å²) in [6, 6.07) is 0. The fraction of sp³-hybridized carbons (Fsp3) is 0.667. The molecule has 1 heterocycles. The van der Waals surface area contributed by atoms with Gasteiger partial charge in [0.15, 0.2) is 0 Å². The molecule has 7 heteroatoms. The molecule has 0 amide bonds. The van der Waals surface area contributed by atoms with Crippen LogP contribution in [0.2, 0.25) is 0 Å². The van der Waals surface area contributed by atoms with Crippen molar-refractivity contribution in [3.8, 4) is 0 Å². The van der Waals surface area contributed by atoms with Crippen molar-refractivity contribution in [2.75, 3.05) is 13.7 Å². The Morgan fingerprint density at radius 1 is 1.56 bits per heavy atom. The van der Waals surface area contributed by atoms with Crippen molar-refractivity contribution in [1.29, 1.82) is 0 Å². The highest BCUT2D eigenvalue weighted by atomic mass is 32.2. The molecule has 0 fully saturated rings. The minimum Gasteiger partial charge on any atom is -0.383 e. The third-order valence-corrected chi connectivity index (χ3v) is 3.80. The van der Waals surface area contributed by atoms with Gasteiger partial charge in [0.2, 0.25) is 10.0 Å². The molecule has 0 aliphatic rings. The van der Waals surface area contributed by atoms with E-state index in [-0.39, 0.29) is 4.90 Å². The smallest absolute Gasteiger partial charge is 0.244 e. The van der Waals surface area contributed by atoms with Crippen molar-refractivity contribution in [2.24, 2.45) is 0 Å². The number of aromatic nitrogens is 2. The highest BCUT2D eigenvalue weighted by Gasteiger charge is 2.27. The van der Waals surface area contributed by atoms with Gasteiger partial charge in [-0.3, -0.25) is 5.10 Å². The maximum atomic E-state index is 12.0. The third kappa shape index (κ3) is 3.03. The third-order valence-electron chi connectivity index (χ3n) is 1.99. The lowest BCUT2D eigenvalue weighted by atomic mass is 10.1. The van der Waals surface area contributed by atoms with Gasteiger partial charge in [-0.1, -0.05) is 0 Å². The highest BCUT2D eigenvalue weighted by molar-refractivity contribution is 7.89. The highest BCUT2D eigenvalue weighted by Crippen LogP contribution is 2.14. The number of aryl methyl sites for hydroxylation is 1. The van der Waals surface area contributed by atoms with E-state index in [1.165, 1.54) is 13.3 Å². The Morgan fingerprint density at radius 3 is 2.62 bits per heavy atom. The lowest BCUT2D eigenvalue weighted by molar-refractivity contribution is 0.141. The zero-order chi connectivity index (χ0) is 12.4. The van der Waals surface area contributed by atoms with Crippen molar-refractivity contribution < 1.29 is 13.2 Å². The molecule has 0 atom stereocenters. The van der Waals surface area contributed by atoms with Gasteiger partial charge in [0.1, 0.15) is 4.90 Å². The second kappa shape index (κ2) is 4.52. The molecule has 1 rings (SSSR count). The quantitative estimate of drug-likeness (QED) is 0.790. The molecule has 16 heavy (non-hydrogen) atoms. The summed E-state index contributed by atoms with van der Waals surface area (Å²) in [4.78, 5) is 0.164. The van der Waals surface area contributed by atoms with E-state index in [2.05, 4.69) is 14.9 Å². The average molecular weight is 247 g/mol. The lowest BCUT2D eigenvalue weighted by Crippen LogP contribution is -2.46. The van der Waals surface area contributed by atoms with Gasteiger partial charge in [0, 0.05) is 7.11 Å². The Balaban J connectivity index is 2.93. The molecule has 1 aromatic rings. The Bertz CT molecular complexity index is 450. The minimum absolute atomic E-state index is 0.164. The summed E-state index contributed by atoms with van der Waals surface area (Å²) >= 11 is 0. The van der Waals surface area contributed by atoms with Crippen LogP contribution < -0.4 is 4.72 Å². The van der Waals surface area contributed by atoms with Crippen molar-refractivity contribution >= 4 is 10.0 Å². The second-order valence-corrected chi connectivity index (χ2v) is 5.93. The number of methoxy groups -OCH3 is 1. The van der Waals surface area contributed by atoms with E-state index < -0.39 is 15.6 Å². The maximum absolute atomic E-state index is 12.0. The predicted octanol–water partition coefficient (Wildman–Crippen LogP) is 0.421. The second-order valence-electron chi connectivity index (χ2n) is 4.28. The summed E-state index contributed by atoms with van der Waals surface area (Å²) < 4.78 is 31.5. The summed E-state index contributed by atoms with van der Waals surface area (Å²) in [5, 5.41) is 6.28. The molecule has 0 saturated carbocycles. The van der Waals surface area contributed by atoms with E-state index in [0.29, 0.717) is 12.3 Å². The number of ether oxygens (including phenoxy) is 1. The first-order valence-corrected chi connectivity index (χ1v) is 6.30. The molecule has 0 spiro atoms. The van der Waals surface area contributed by atoms with Crippen LogP contribution in [0.15, 0.2) is 11.1 Å². The summed E-state index contributed by atoms with van der Waals surface area (Å²) in [6.07, 6.45) is 1.29. The molecule has 0 bridgehead atoms. The molecule has 2 N–H and O–H groups in total. The summed E-state index contributed by atoms with van der Waals surface area (Å²) in [5.74, 6) is 0. The van der Waals surface area contributed by atoms with Gasteiger partial charge in [-0.15, -0.1) is 0 Å². The maximum Gasteiger partial charge on any atom is 0.244 e. The first-order valence-electron chi connectivity index (χ1n) is 4.81. The minimum atomic E-state index is -3.55. The first-order chi connectivity index (χ1) is 7.28. The monoisotopic (exact) mass is 247 g/mol. The normalized spacial score (nSPS) is 13.0. The van der Waals surface area contributed by atoms with Crippen LogP contribution in [0.1, 0.15) is 19.5 Å². The lowest BCUT2D eigenvalue weighted by Gasteiger charge is -2.24. The van der Waals surface area contributed by atoms with E-state index in [9.17, 15) is 8.42 Å². The average Bonchev–Trinajstić information content (AvgIpc) is 2.49. The Kier molecular flexibility index (Phi) is 3.72. The van der Waals surface area contributed by atoms with Crippen molar-refractivity contribution in [3.63, 3.8) is 0 Å². The molecule has 92 valence electrons. The standard InChI is InChI=1S/C9H17N3O3S/c1-7-8(5-10-11-7)16(13,14)12-9(2,3)6-15-4/h5,12H,6H2,1-4H3,(H,10,11). The Hall–Kier alpha value is -0.920. The van der Waals surface area contributed by atoms with Crippen LogP contribution in [-0.4, -0.2) is 37.9 Å². The van der Waals surface area contributed by atoms with E-state index in [0.717, 1.165) is 0 Å². The number of sulfonamides is 1. The van der Waals surface area contributed by atoms with Crippen LogP contribution in [0.4, 0.5) is 0 Å². The van der Waals surface area contributed by atoms with Crippen LogP contribution in [0.5, 0.6) is 0 Å². The molecule has 0 radical (unpaired) electrons.